The van der Waals surface area contributed by atoms with Gasteiger partial charge in [-0.25, -0.2) is 4.90 Å². The van der Waals surface area contributed by atoms with E-state index in [1.165, 1.54) is 104 Å². The van der Waals surface area contributed by atoms with Gasteiger partial charge in [0.2, 0.25) is 0 Å². The van der Waals surface area contributed by atoms with Crippen LogP contribution >= 0.6 is 55.4 Å². The standard InChI is InChI=1S/C42H49NO2S5.3C2H6/c1-6-9-11-12-13-14-17-30-19-21-31(22-20-30)43-41(44)36-28(5)48-38(37(36)42(43)45)32-25-34-40(49-32)39-33(24-27(4)47-39)50(34,35-18-15-23-46-35)26-29(8-3)16-10-7-2;3*1-2/h15,18-25,29H,6-14,16-17,26H2,1-5H3;3*1-2H3. The number of amides is 2. The summed E-state index contributed by atoms with van der Waals surface area (Å²) in [6.07, 6.45) is 13.6. The van der Waals surface area contributed by atoms with E-state index in [1.807, 2.05) is 94.6 Å². The molecule has 5 aromatic rings. The highest BCUT2D eigenvalue weighted by molar-refractivity contribution is 8.35. The van der Waals surface area contributed by atoms with E-state index in [0.717, 1.165) is 21.1 Å². The van der Waals surface area contributed by atoms with Crippen LogP contribution in [0.15, 0.2) is 67.9 Å². The molecule has 0 fully saturated rings. The molecule has 1 aromatic carbocycles. The molecule has 0 radical (unpaired) electrons. The molecule has 2 unspecified atom stereocenters. The molecule has 2 aliphatic heterocycles. The van der Waals surface area contributed by atoms with E-state index in [-0.39, 0.29) is 11.8 Å². The molecule has 2 atom stereocenters. The van der Waals surface area contributed by atoms with Crippen molar-refractivity contribution in [1.29, 1.82) is 0 Å². The second kappa shape index (κ2) is 22.0. The van der Waals surface area contributed by atoms with Crippen LogP contribution in [0.25, 0.3) is 19.5 Å². The topological polar surface area (TPSA) is 37.4 Å². The van der Waals surface area contributed by atoms with Gasteiger partial charge in [0.1, 0.15) is 0 Å². The number of thiophene rings is 4. The van der Waals surface area contributed by atoms with Gasteiger partial charge in [-0.1, -0.05) is 132 Å². The van der Waals surface area contributed by atoms with Gasteiger partial charge in [0.15, 0.2) is 0 Å². The molecular formula is C48H67NO2S5. The highest BCUT2D eigenvalue weighted by atomic mass is 32.3. The lowest BCUT2D eigenvalue weighted by molar-refractivity contribution is 0.0926. The summed E-state index contributed by atoms with van der Waals surface area (Å²) in [5, 5.41) is 2.25. The van der Waals surface area contributed by atoms with Gasteiger partial charge in [-0.15, -0.1) is 55.4 Å². The Balaban J connectivity index is 0.00000111. The average Bonchev–Trinajstić information content (AvgIpc) is 4.09. The van der Waals surface area contributed by atoms with Crippen molar-refractivity contribution in [2.24, 2.45) is 5.92 Å². The molecule has 0 N–H and O–H groups in total. The number of hydrogen-bond acceptors (Lipinski definition) is 6. The maximum atomic E-state index is 14.3. The quantitative estimate of drug-likeness (QED) is 0.0733. The molecule has 7 rings (SSSR count). The first kappa shape index (κ1) is 46.2. The van der Waals surface area contributed by atoms with Gasteiger partial charge >= 0.3 is 0 Å². The highest BCUT2D eigenvalue weighted by Gasteiger charge is 2.47. The normalized spacial score (nSPS) is 16.7. The van der Waals surface area contributed by atoms with Gasteiger partial charge in [-0.3, -0.25) is 9.59 Å². The van der Waals surface area contributed by atoms with E-state index in [0.29, 0.717) is 22.7 Å². The van der Waals surface area contributed by atoms with Gasteiger partial charge in [0.25, 0.3) is 11.8 Å². The van der Waals surface area contributed by atoms with Crippen LogP contribution in [-0.4, -0.2) is 17.6 Å². The number of benzene rings is 1. The Morgan fingerprint density at radius 1 is 0.679 bits per heavy atom. The number of aryl methyl sites for hydroxylation is 3. The minimum atomic E-state index is -1.44. The highest BCUT2D eigenvalue weighted by Crippen LogP contribution is 2.80. The van der Waals surface area contributed by atoms with Crippen LogP contribution in [0.4, 0.5) is 5.69 Å². The van der Waals surface area contributed by atoms with Crippen LogP contribution in [0.2, 0.25) is 0 Å². The number of fused-ring (bicyclic) bond motifs is 4. The number of carbonyl (C=O) groups excluding carboxylic acids is 2. The fourth-order valence-electron chi connectivity index (χ4n) is 7.77. The molecule has 0 saturated heterocycles. The fraction of sp³-hybridized carbons (Fsp3) is 0.500. The largest absolute Gasteiger partial charge is 0.268 e. The van der Waals surface area contributed by atoms with Crippen molar-refractivity contribution in [3.05, 3.63) is 80.4 Å². The Kier molecular flexibility index (Phi) is 18.2. The summed E-state index contributed by atoms with van der Waals surface area (Å²) in [7, 11) is -1.44. The zero-order valence-electron chi connectivity index (χ0n) is 36.1. The van der Waals surface area contributed by atoms with Gasteiger partial charge in [-0.05, 0) is 86.1 Å². The lowest BCUT2D eigenvalue weighted by Gasteiger charge is -2.39. The van der Waals surface area contributed by atoms with Crippen LogP contribution < -0.4 is 4.90 Å². The van der Waals surface area contributed by atoms with E-state index in [9.17, 15) is 9.59 Å². The number of anilines is 1. The third-order valence-electron chi connectivity index (χ3n) is 10.5. The number of unbranched alkanes of at least 4 members (excludes halogenated alkanes) is 6. The van der Waals surface area contributed by atoms with Crippen molar-refractivity contribution in [2.45, 2.75) is 161 Å². The molecule has 8 heteroatoms. The van der Waals surface area contributed by atoms with E-state index in [2.05, 4.69) is 69.5 Å². The van der Waals surface area contributed by atoms with Gasteiger partial charge < -0.3 is 0 Å². The maximum Gasteiger partial charge on any atom is 0.267 e. The average molecular weight is 850 g/mol. The molecular weight excluding hydrogens is 783 g/mol. The second-order valence-corrected chi connectivity index (χ2v) is 21.8. The van der Waals surface area contributed by atoms with Crippen LogP contribution in [0.1, 0.15) is 163 Å². The van der Waals surface area contributed by atoms with Crippen molar-refractivity contribution in [3.63, 3.8) is 0 Å². The van der Waals surface area contributed by atoms with Crippen LogP contribution in [0.5, 0.6) is 0 Å². The van der Waals surface area contributed by atoms with Gasteiger partial charge in [0.05, 0.1) is 35.7 Å². The van der Waals surface area contributed by atoms with Crippen molar-refractivity contribution >= 4 is 72.9 Å². The van der Waals surface area contributed by atoms with Crippen molar-refractivity contribution in [2.75, 3.05) is 10.7 Å². The zero-order chi connectivity index (χ0) is 41.0. The third-order valence-corrected chi connectivity index (χ3v) is 20.1. The first-order valence-electron chi connectivity index (χ1n) is 21.5. The minimum absolute atomic E-state index is 0.184. The first-order valence-corrected chi connectivity index (χ1v) is 26.7. The second-order valence-electron chi connectivity index (χ2n) is 14.0. The molecule has 0 saturated carbocycles. The Morgan fingerprint density at radius 3 is 1.95 bits per heavy atom. The van der Waals surface area contributed by atoms with E-state index < -0.39 is 10.0 Å². The van der Waals surface area contributed by atoms with E-state index >= 15 is 0 Å². The predicted molar refractivity (Wildman–Crippen MR) is 254 cm³/mol. The molecule has 56 heavy (non-hydrogen) atoms. The minimum Gasteiger partial charge on any atom is -0.268 e. The Bertz CT molecular complexity index is 1980. The van der Waals surface area contributed by atoms with Crippen molar-refractivity contribution < 1.29 is 9.59 Å². The first-order chi connectivity index (χ1) is 27.3. The molecule has 0 spiro atoms. The third kappa shape index (κ3) is 9.20. The van der Waals surface area contributed by atoms with Crippen LogP contribution in [0.3, 0.4) is 0 Å². The lowest BCUT2D eigenvalue weighted by Crippen LogP contribution is -2.29. The van der Waals surface area contributed by atoms with E-state index in [1.54, 1.807) is 16.2 Å². The maximum absolute atomic E-state index is 14.3. The van der Waals surface area contributed by atoms with Crippen LogP contribution in [-0.2, 0) is 6.42 Å². The van der Waals surface area contributed by atoms with E-state index in [4.69, 9.17) is 0 Å². The number of imide groups is 1. The summed E-state index contributed by atoms with van der Waals surface area (Å²) in [6.45, 7) is 23.2. The predicted octanol–water partition coefficient (Wildman–Crippen LogP) is 17.5. The summed E-state index contributed by atoms with van der Waals surface area (Å²) >= 11 is 7.30. The molecule has 0 bridgehead atoms. The summed E-state index contributed by atoms with van der Waals surface area (Å²) in [4.78, 5) is 39.9. The monoisotopic (exact) mass is 849 g/mol. The number of nitrogens with zero attached hydrogens (tertiary/aromatic N) is 1. The fourth-order valence-corrected chi connectivity index (χ4v) is 18.7. The summed E-state index contributed by atoms with van der Waals surface area (Å²) < 4.78 is 1.50. The van der Waals surface area contributed by atoms with Crippen LogP contribution in [0, 0.1) is 19.8 Å². The molecule has 2 amide bonds. The lowest BCUT2D eigenvalue weighted by atomic mass is 10.0. The molecule has 306 valence electrons. The molecule has 0 aliphatic carbocycles. The molecule has 4 aromatic heterocycles. The van der Waals surface area contributed by atoms with Gasteiger partial charge in [-0.2, -0.15) is 0 Å². The summed E-state index contributed by atoms with van der Waals surface area (Å²) in [5.74, 6) is 1.47. The molecule has 3 nitrogen and oxygen atoms in total. The SMILES string of the molecule is CC.CC.CC.CCCCCCCCc1ccc(N2C(=O)c3c(C)sc(-c4cc5c(s4)-c4sc(C)cc4S5(CC(CC)CCCC)c4cccs4)c3C2=O)cc1. The van der Waals surface area contributed by atoms with Crippen molar-refractivity contribution in [1.82, 2.24) is 0 Å². The van der Waals surface area contributed by atoms with Gasteiger partial charge in [0, 0.05) is 24.4 Å². The van der Waals surface area contributed by atoms with Crippen molar-refractivity contribution in [3.8, 4) is 19.5 Å². The number of rotatable bonds is 16. The summed E-state index contributed by atoms with van der Waals surface area (Å²) in [6, 6.07) is 17.7. The zero-order valence-corrected chi connectivity index (χ0v) is 40.1. The summed E-state index contributed by atoms with van der Waals surface area (Å²) in [5.41, 5.74) is 3.13. The number of hydrogen-bond donors (Lipinski definition) is 0. The Hall–Kier alpha value is -2.49. The molecule has 2 aliphatic rings. The number of carbonyl (C=O) groups is 2. The molecule has 6 heterocycles. The smallest absolute Gasteiger partial charge is 0.267 e. The Labute approximate surface area is 357 Å². The Morgan fingerprint density at radius 2 is 1.30 bits per heavy atom.